The summed E-state index contributed by atoms with van der Waals surface area (Å²) in [6.07, 6.45) is 5.88. The molecule has 92 valence electrons. The van der Waals surface area contributed by atoms with E-state index in [0.29, 0.717) is 6.61 Å². The maximum absolute atomic E-state index is 10.5. The van der Waals surface area contributed by atoms with Crippen LogP contribution in [0.2, 0.25) is 0 Å². The quantitative estimate of drug-likeness (QED) is 0.560. The fourth-order valence-corrected chi connectivity index (χ4v) is 1.35. The minimum atomic E-state index is -0.218. The van der Waals surface area contributed by atoms with Gasteiger partial charge < -0.3 is 9.47 Å². The first kappa shape index (κ1) is 13.3. The predicted octanol–water partition coefficient (Wildman–Crippen LogP) is 3.05. The summed E-state index contributed by atoms with van der Waals surface area (Å²) in [4.78, 5) is 10.5. The average molecular weight is 234 g/mol. The molecule has 3 heteroatoms. The van der Waals surface area contributed by atoms with E-state index in [9.17, 15) is 4.79 Å². The van der Waals surface area contributed by atoms with Gasteiger partial charge >= 0.3 is 5.97 Å². The zero-order chi connectivity index (χ0) is 12.5. The zero-order valence-corrected chi connectivity index (χ0v) is 10.3. The number of rotatable bonds is 6. The van der Waals surface area contributed by atoms with Crippen molar-refractivity contribution in [2.45, 2.75) is 19.8 Å². The summed E-state index contributed by atoms with van der Waals surface area (Å²) >= 11 is 0. The van der Waals surface area contributed by atoms with Crippen LogP contribution in [-0.4, -0.2) is 19.7 Å². The maximum Gasteiger partial charge on any atom is 0.302 e. The Bertz CT molecular complexity index is 366. The molecule has 0 saturated carbocycles. The first-order valence-corrected chi connectivity index (χ1v) is 5.66. The lowest BCUT2D eigenvalue weighted by Crippen LogP contribution is -1.99. The number of esters is 1. The van der Waals surface area contributed by atoms with Crippen LogP contribution in [0.5, 0.6) is 5.75 Å². The van der Waals surface area contributed by atoms with Crippen molar-refractivity contribution < 1.29 is 14.3 Å². The number of carbonyl (C=O) groups is 1. The molecule has 0 heterocycles. The summed E-state index contributed by atoms with van der Waals surface area (Å²) in [6, 6.07) is 7.86. The van der Waals surface area contributed by atoms with E-state index in [4.69, 9.17) is 9.47 Å². The number of unbranched alkanes of at least 4 members (excludes halogenated alkanes) is 1. The highest BCUT2D eigenvalue weighted by Crippen LogP contribution is 2.12. The highest BCUT2D eigenvalue weighted by molar-refractivity contribution is 5.65. The Balaban J connectivity index is 2.25. The minimum absolute atomic E-state index is 0.218. The van der Waals surface area contributed by atoms with E-state index in [1.165, 1.54) is 6.92 Å². The van der Waals surface area contributed by atoms with Crippen LogP contribution in [0.15, 0.2) is 30.3 Å². The normalized spacial score (nSPS) is 10.5. The van der Waals surface area contributed by atoms with Crippen LogP contribution in [0.3, 0.4) is 0 Å². The molecule has 0 atom stereocenters. The molecule has 0 amide bonds. The number of allylic oxidation sites excluding steroid dienone is 1. The predicted molar refractivity (Wildman–Crippen MR) is 67.9 cm³/mol. The van der Waals surface area contributed by atoms with Crippen LogP contribution >= 0.6 is 0 Å². The summed E-state index contributed by atoms with van der Waals surface area (Å²) in [6.45, 7) is 1.91. The molecule has 0 N–H and O–H groups in total. The first-order valence-electron chi connectivity index (χ1n) is 5.66. The summed E-state index contributed by atoms with van der Waals surface area (Å²) in [5.74, 6) is 0.640. The highest BCUT2D eigenvalue weighted by atomic mass is 16.5. The van der Waals surface area contributed by atoms with Crippen LogP contribution in [0, 0.1) is 0 Å². The van der Waals surface area contributed by atoms with Gasteiger partial charge in [-0.25, -0.2) is 0 Å². The minimum Gasteiger partial charge on any atom is -0.497 e. The Morgan fingerprint density at radius 2 is 2.00 bits per heavy atom. The summed E-state index contributed by atoms with van der Waals surface area (Å²) in [5, 5.41) is 0. The molecule has 1 rings (SSSR count). The molecule has 0 aliphatic carbocycles. The van der Waals surface area contributed by atoms with E-state index in [1.54, 1.807) is 7.11 Å². The first-order chi connectivity index (χ1) is 8.22. The van der Waals surface area contributed by atoms with Crippen LogP contribution in [0.4, 0.5) is 0 Å². The van der Waals surface area contributed by atoms with Gasteiger partial charge in [-0.3, -0.25) is 4.79 Å². The number of carbonyl (C=O) groups excluding carboxylic acids is 1. The highest BCUT2D eigenvalue weighted by Gasteiger charge is 1.92. The Labute approximate surface area is 102 Å². The largest absolute Gasteiger partial charge is 0.497 e. The van der Waals surface area contributed by atoms with E-state index in [-0.39, 0.29) is 5.97 Å². The van der Waals surface area contributed by atoms with Gasteiger partial charge in [-0.05, 0) is 30.5 Å². The topological polar surface area (TPSA) is 35.5 Å². The van der Waals surface area contributed by atoms with Gasteiger partial charge in [0.25, 0.3) is 0 Å². The van der Waals surface area contributed by atoms with Gasteiger partial charge in [0.15, 0.2) is 0 Å². The molecular weight excluding hydrogens is 216 g/mol. The molecule has 0 fully saturated rings. The fraction of sp³-hybridized carbons (Fsp3) is 0.357. The smallest absolute Gasteiger partial charge is 0.302 e. The van der Waals surface area contributed by atoms with Gasteiger partial charge in [-0.2, -0.15) is 0 Å². The van der Waals surface area contributed by atoms with Crippen molar-refractivity contribution in [3.8, 4) is 5.75 Å². The summed E-state index contributed by atoms with van der Waals surface area (Å²) in [7, 11) is 1.65. The Hall–Kier alpha value is -1.77. The molecule has 0 aromatic heterocycles. The Morgan fingerprint density at radius 3 is 2.59 bits per heavy atom. The van der Waals surface area contributed by atoms with Crippen molar-refractivity contribution in [1.82, 2.24) is 0 Å². The third-order valence-electron chi connectivity index (χ3n) is 2.25. The lowest BCUT2D eigenvalue weighted by molar-refractivity contribution is -0.141. The van der Waals surface area contributed by atoms with Crippen LogP contribution in [-0.2, 0) is 9.53 Å². The van der Waals surface area contributed by atoms with E-state index < -0.39 is 0 Å². The molecule has 0 saturated heterocycles. The standard InChI is InChI=1S/C14H18O3/c1-12(15)17-11-5-3-4-6-13-7-9-14(16-2)10-8-13/h4,6-10H,3,5,11H2,1-2H3/b6-4+. The molecule has 0 aliphatic rings. The van der Waals surface area contributed by atoms with Crippen molar-refractivity contribution in [3.05, 3.63) is 35.9 Å². The van der Waals surface area contributed by atoms with Crippen molar-refractivity contribution in [2.24, 2.45) is 0 Å². The fourth-order valence-electron chi connectivity index (χ4n) is 1.35. The second kappa shape index (κ2) is 7.49. The molecule has 0 aliphatic heterocycles. The summed E-state index contributed by atoms with van der Waals surface area (Å²) in [5.41, 5.74) is 1.14. The van der Waals surface area contributed by atoms with E-state index in [2.05, 4.69) is 6.08 Å². The van der Waals surface area contributed by atoms with Crippen molar-refractivity contribution in [2.75, 3.05) is 13.7 Å². The molecular formula is C14H18O3. The maximum atomic E-state index is 10.5. The second-order valence-electron chi connectivity index (χ2n) is 3.66. The molecule has 1 aromatic rings. The van der Waals surface area contributed by atoms with Crippen LogP contribution in [0.25, 0.3) is 6.08 Å². The monoisotopic (exact) mass is 234 g/mol. The molecule has 3 nitrogen and oxygen atoms in total. The third kappa shape index (κ3) is 5.76. The molecule has 1 aromatic carbocycles. The van der Waals surface area contributed by atoms with Gasteiger partial charge in [0.1, 0.15) is 5.75 Å². The molecule has 0 radical (unpaired) electrons. The van der Waals surface area contributed by atoms with Gasteiger partial charge in [0.05, 0.1) is 13.7 Å². The number of benzene rings is 1. The van der Waals surface area contributed by atoms with E-state index >= 15 is 0 Å². The molecule has 0 spiro atoms. The average Bonchev–Trinajstić information content (AvgIpc) is 2.34. The molecule has 0 bridgehead atoms. The van der Waals surface area contributed by atoms with Gasteiger partial charge in [0, 0.05) is 6.92 Å². The van der Waals surface area contributed by atoms with Gasteiger partial charge in [0.2, 0.25) is 0 Å². The van der Waals surface area contributed by atoms with E-state index in [0.717, 1.165) is 24.2 Å². The Morgan fingerprint density at radius 1 is 1.29 bits per heavy atom. The van der Waals surface area contributed by atoms with Crippen LogP contribution in [0.1, 0.15) is 25.3 Å². The van der Waals surface area contributed by atoms with Crippen molar-refractivity contribution >= 4 is 12.0 Å². The number of hydrogen-bond acceptors (Lipinski definition) is 3. The molecule has 0 unspecified atom stereocenters. The number of hydrogen-bond donors (Lipinski definition) is 0. The number of methoxy groups -OCH3 is 1. The molecule has 17 heavy (non-hydrogen) atoms. The van der Waals surface area contributed by atoms with Crippen molar-refractivity contribution in [3.63, 3.8) is 0 Å². The SMILES string of the molecule is COc1ccc(/C=C/CCCOC(C)=O)cc1. The summed E-state index contributed by atoms with van der Waals surface area (Å²) < 4.78 is 9.91. The second-order valence-corrected chi connectivity index (χ2v) is 3.66. The van der Waals surface area contributed by atoms with Gasteiger partial charge in [-0.1, -0.05) is 24.3 Å². The number of ether oxygens (including phenoxy) is 2. The van der Waals surface area contributed by atoms with E-state index in [1.807, 2.05) is 30.3 Å². The third-order valence-corrected chi connectivity index (χ3v) is 2.25. The van der Waals surface area contributed by atoms with Gasteiger partial charge in [-0.15, -0.1) is 0 Å². The Kier molecular flexibility index (Phi) is 5.86. The van der Waals surface area contributed by atoms with Crippen molar-refractivity contribution in [1.29, 1.82) is 0 Å². The lowest BCUT2D eigenvalue weighted by Gasteiger charge is -2.00. The lowest BCUT2D eigenvalue weighted by atomic mass is 10.2. The zero-order valence-electron chi connectivity index (χ0n) is 10.3. The van der Waals surface area contributed by atoms with Crippen LogP contribution < -0.4 is 4.74 Å².